The number of ether oxygens (including phenoxy) is 1. The summed E-state index contributed by atoms with van der Waals surface area (Å²) in [6, 6.07) is 15.3. The molecule has 0 heterocycles. The number of carbonyl (C=O) groups is 1. The molecule has 5 heteroatoms. The fourth-order valence-corrected chi connectivity index (χ4v) is 1.76. The Morgan fingerprint density at radius 2 is 1.76 bits per heavy atom. The lowest BCUT2D eigenvalue weighted by Crippen LogP contribution is -2.08. The molecule has 0 aliphatic rings. The SMILES string of the molecule is O=C(OC/C=C/c1ccccc1)c1ccccc1[N+](=O)[O-]. The van der Waals surface area contributed by atoms with Crippen molar-refractivity contribution in [3.8, 4) is 0 Å². The Bertz CT molecular complexity index is 665. The Morgan fingerprint density at radius 3 is 2.48 bits per heavy atom. The molecule has 0 unspecified atom stereocenters. The summed E-state index contributed by atoms with van der Waals surface area (Å²) in [6.45, 7) is 0.0553. The molecule has 106 valence electrons. The van der Waals surface area contributed by atoms with Crippen molar-refractivity contribution in [2.45, 2.75) is 0 Å². The average molecular weight is 283 g/mol. The van der Waals surface area contributed by atoms with Gasteiger partial charge in [0.25, 0.3) is 5.69 Å². The van der Waals surface area contributed by atoms with Crippen molar-refractivity contribution in [3.05, 3.63) is 81.9 Å². The number of benzene rings is 2. The van der Waals surface area contributed by atoms with Crippen molar-refractivity contribution in [1.29, 1.82) is 0 Å². The van der Waals surface area contributed by atoms with Crippen LogP contribution in [0.1, 0.15) is 15.9 Å². The number of carbonyl (C=O) groups excluding carboxylic acids is 1. The van der Waals surface area contributed by atoms with E-state index in [1.54, 1.807) is 12.1 Å². The monoisotopic (exact) mass is 283 g/mol. The van der Waals surface area contributed by atoms with Crippen LogP contribution in [0.2, 0.25) is 0 Å². The molecule has 0 aromatic heterocycles. The number of hydrogen-bond donors (Lipinski definition) is 0. The summed E-state index contributed by atoms with van der Waals surface area (Å²) < 4.78 is 5.01. The van der Waals surface area contributed by atoms with Crippen molar-refractivity contribution in [3.63, 3.8) is 0 Å². The van der Waals surface area contributed by atoms with Gasteiger partial charge in [-0.3, -0.25) is 10.1 Å². The third-order valence-corrected chi connectivity index (χ3v) is 2.74. The predicted molar refractivity (Wildman–Crippen MR) is 78.9 cm³/mol. The van der Waals surface area contributed by atoms with Crippen LogP contribution in [0, 0.1) is 10.1 Å². The Balaban J connectivity index is 1.97. The second-order valence-corrected chi connectivity index (χ2v) is 4.19. The van der Waals surface area contributed by atoms with Crippen molar-refractivity contribution in [2.75, 3.05) is 6.61 Å². The van der Waals surface area contributed by atoms with Crippen molar-refractivity contribution < 1.29 is 14.5 Å². The molecule has 0 radical (unpaired) electrons. The van der Waals surface area contributed by atoms with Crippen LogP contribution in [0.25, 0.3) is 6.08 Å². The first-order chi connectivity index (χ1) is 10.2. The van der Waals surface area contributed by atoms with Crippen molar-refractivity contribution in [2.24, 2.45) is 0 Å². The first kappa shape index (κ1) is 14.5. The molecule has 0 bridgehead atoms. The molecule has 0 atom stereocenters. The Morgan fingerprint density at radius 1 is 1.10 bits per heavy atom. The maximum Gasteiger partial charge on any atom is 0.345 e. The van der Waals surface area contributed by atoms with Gasteiger partial charge in [0.2, 0.25) is 0 Å². The molecule has 0 N–H and O–H groups in total. The van der Waals surface area contributed by atoms with Crippen LogP contribution in [0.5, 0.6) is 0 Å². The first-order valence-electron chi connectivity index (χ1n) is 6.30. The second-order valence-electron chi connectivity index (χ2n) is 4.19. The molecule has 2 aromatic carbocycles. The molecule has 2 rings (SSSR count). The standard InChI is InChI=1S/C16H13NO4/c18-16(14-10-4-5-11-15(14)17(19)20)21-12-6-9-13-7-2-1-3-8-13/h1-11H,12H2/b9-6+. The number of nitrogens with zero attached hydrogens (tertiary/aromatic N) is 1. The fourth-order valence-electron chi connectivity index (χ4n) is 1.76. The molecule has 0 spiro atoms. The topological polar surface area (TPSA) is 69.4 Å². The quantitative estimate of drug-likeness (QED) is 0.478. The van der Waals surface area contributed by atoms with Crippen LogP contribution >= 0.6 is 0 Å². The molecule has 2 aromatic rings. The number of rotatable bonds is 5. The summed E-state index contributed by atoms with van der Waals surface area (Å²) in [6.07, 6.45) is 3.49. The Labute approximate surface area is 121 Å². The van der Waals surface area contributed by atoms with Gasteiger partial charge < -0.3 is 4.74 Å². The maximum absolute atomic E-state index is 11.8. The van der Waals surface area contributed by atoms with E-state index in [0.717, 1.165) is 5.56 Å². The molecule has 0 aliphatic carbocycles. The molecule has 0 amide bonds. The highest BCUT2D eigenvalue weighted by Crippen LogP contribution is 2.18. The van der Waals surface area contributed by atoms with Gasteiger partial charge in [-0.15, -0.1) is 0 Å². The first-order valence-corrected chi connectivity index (χ1v) is 6.30. The summed E-state index contributed by atoms with van der Waals surface area (Å²) in [7, 11) is 0. The highest BCUT2D eigenvalue weighted by atomic mass is 16.6. The van der Waals surface area contributed by atoms with Crippen LogP contribution in [-0.4, -0.2) is 17.5 Å². The van der Waals surface area contributed by atoms with Gasteiger partial charge in [-0.25, -0.2) is 4.79 Å². The lowest BCUT2D eigenvalue weighted by atomic mass is 10.2. The Hall–Kier alpha value is -2.95. The van der Waals surface area contributed by atoms with E-state index in [9.17, 15) is 14.9 Å². The van der Waals surface area contributed by atoms with E-state index >= 15 is 0 Å². The minimum Gasteiger partial charge on any atom is -0.458 e. The largest absolute Gasteiger partial charge is 0.458 e. The van der Waals surface area contributed by atoms with Gasteiger partial charge in [0.15, 0.2) is 0 Å². The van der Waals surface area contributed by atoms with Gasteiger partial charge in [0, 0.05) is 6.07 Å². The van der Waals surface area contributed by atoms with E-state index in [2.05, 4.69) is 0 Å². The lowest BCUT2D eigenvalue weighted by molar-refractivity contribution is -0.385. The minimum absolute atomic E-state index is 0.0457. The number of nitro benzene ring substituents is 1. The smallest absolute Gasteiger partial charge is 0.345 e. The minimum atomic E-state index is -0.708. The fraction of sp³-hybridized carbons (Fsp3) is 0.0625. The van der Waals surface area contributed by atoms with Gasteiger partial charge in [-0.1, -0.05) is 48.5 Å². The van der Waals surface area contributed by atoms with E-state index in [1.807, 2.05) is 36.4 Å². The highest BCUT2D eigenvalue weighted by molar-refractivity contribution is 5.93. The van der Waals surface area contributed by atoms with E-state index < -0.39 is 10.9 Å². The van der Waals surface area contributed by atoms with Crippen LogP contribution in [0.3, 0.4) is 0 Å². The highest BCUT2D eigenvalue weighted by Gasteiger charge is 2.19. The Kier molecular flexibility index (Phi) is 4.82. The van der Waals surface area contributed by atoms with Crippen molar-refractivity contribution >= 4 is 17.7 Å². The van der Waals surface area contributed by atoms with Gasteiger partial charge in [-0.05, 0) is 17.7 Å². The zero-order valence-electron chi connectivity index (χ0n) is 11.1. The third kappa shape index (κ3) is 4.01. The van der Waals surface area contributed by atoms with Gasteiger partial charge >= 0.3 is 5.97 Å². The maximum atomic E-state index is 11.8. The zero-order valence-corrected chi connectivity index (χ0v) is 11.1. The number of hydrogen-bond acceptors (Lipinski definition) is 4. The van der Waals surface area contributed by atoms with Crippen LogP contribution in [0.4, 0.5) is 5.69 Å². The lowest BCUT2D eigenvalue weighted by Gasteiger charge is -2.02. The predicted octanol–water partition coefficient (Wildman–Crippen LogP) is 3.47. The molecule has 21 heavy (non-hydrogen) atoms. The summed E-state index contributed by atoms with van der Waals surface area (Å²) in [5.74, 6) is -0.708. The van der Waals surface area contributed by atoms with E-state index in [4.69, 9.17) is 4.74 Å². The molecule has 0 saturated carbocycles. The molecule has 0 aliphatic heterocycles. The molecular formula is C16H13NO4. The summed E-state index contributed by atoms with van der Waals surface area (Å²) in [5, 5.41) is 10.8. The van der Waals surface area contributed by atoms with E-state index in [1.165, 1.54) is 18.2 Å². The molecule has 5 nitrogen and oxygen atoms in total. The van der Waals surface area contributed by atoms with E-state index in [0.29, 0.717) is 0 Å². The van der Waals surface area contributed by atoms with Gasteiger partial charge in [0.1, 0.15) is 12.2 Å². The van der Waals surface area contributed by atoms with Crippen LogP contribution in [0.15, 0.2) is 60.7 Å². The van der Waals surface area contributed by atoms with Crippen molar-refractivity contribution in [1.82, 2.24) is 0 Å². The zero-order chi connectivity index (χ0) is 15.1. The number of esters is 1. The van der Waals surface area contributed by atoms with Crippen LogP contribution in [-0.2, 0) is 4.74 Å². The van der Waals surface area contributed by atoms with Gasteiger partial charge in [0.05, 0.1) is 4.92 Å². The summed E-state index contributed by atoms with van der Waals surface area (Å²) >= 11 is 0. The number of para-hydroxylation sites is 1. The second kappa shape index (κ2) is 7.00. The number of nitro groups is 1. The average Bonchev–Trinajstić information content (AvgIpc) is 2.52. The third-order valence-electron chi connectivity index (χ3n) is 2.74. The summed E-state index contributed by atoms with van der Waals surface area (Å²) in [4.78, 5) is 22.0. The molecule has 0 saturated heterocycles. The summed E-state index contributed by atoms with van der Waals surface area (Å²) in [5.41, 5.74) is 0.685. The molecular weight excluding hydrogens is 270 g/mol. The van der Waals surface area contributed by atoms with Gasteiger partial charge in [-0.2, -0.15) is 0 Å². The van der Waals surface area contributed by atoms with Crippen LogP contribution < -0.4 is 0 Å². The molecule has 0 fully saturated rings. The van der Waals surface area contributed by atoms with E-state index in [-0.39, 0.29) is 17.9 Å². The normalized spacial score (nSPS) is 10.5.